The molecule has 1 aromatic carbocycles. The number of hydrogen-bond acceptors (Lipinski definition) is 1. The van der Waals surface area contributed by atoms with E-state index in [1.54, 1.807) is 0 Å². The Morgan fingerprint density at radius 2 is 2.00 bits per heavy atom. The number of carboxylic acid groups (broad SMARTS) is 1. The van der Waals surface area contributed by atoms with Gasteiger partial charge in [0.05, 0.1) is 0 Å². The van der Waals surface area contributed by atoms with E-state index in [2.05, 4.69) is 6.58 Å². The van der Waals surface area contributed by atoms with Gasteiger partial charge in [0, 0.05) is 0 Å². The van der Waals surface area contributed by atoms with E-state index in [1.807, 2.05) is 37.3 Å². The van der Waals surface area contributed by atoms with Gasteiger partial charge in [0.15, 0.2) is 0 Å². The Morgan fingerprint density at radius 1 is 1.43 bits per heavy atom. The van der Waals surface area contributed by atoms with E-state index in [0.29, 0.717) is 6.42 Å². The first-order valence-corrected chi connectivity index (χ1v) is 4.62. The molecule has 0 aliphatic rings. The minimum atomic E-state index is -0.831. The summed E-state index contributed by atoms with van der Waals surface area (Å²) in [6.07, 6.45) is 0.686. The molecule has 0 heterocycles. The van der Waals surface area contributed by atoms with Crippen LogP contribution in [0.3, 0.4) is 0 Å². The number of hydrogen-bond donors (Lipinski definition) is 1. The van der Waals surface area contributed by atoms with Crippen LogP contribution in [-0.4, -0.2) is 11.1 Å². The topological polar surface area (TPSA) is 37.3 Å². The summed E-state index contributed by atoms with van der Waals surface area (Å²) in [5.74, 6) is -1.40. The Hall–Kier alpha value is -1.57. The molecule has 0 saturated heterocycles. The van der Waals surface area contributed by atoms with Crippen LogP contribution in [0.25, 0.3) is 0 Å². The summed E-state index contributed by atoms with van der Waals surface area (Å²) in [6, 6.07) is 9.19. The van der Waals surface area contributed by atoms with Crippen LogP contribution < -0.4 is 0 Å². The van der Waals surface area contributed by atoms with Gasteiger partial charge in [-0.15, -0.1) is 0 Å². The van der Waals surface area contributed by atoms with Crippen molar-refractivity contribution in [2.24, 2.45) is 0 Å². The molecule has 0 radical (unpaired) electrons. The van der Waals surface area contributed by atoms with Crippen LogP contribution in [-0.2, 0) is 4.79 Å². The molecule has 1 unspecified atom stereocenters. The molecule has 0 aliphatic carbocycles. The van der Waals surface area contributed by atoms with Gasteiger partial charge < -0.3 is 5.11 Å². The average Bonchev–Trinajstić information content (AvgIpc) is 2.19. The minimum Gasteiger partial charge on any atom is -0.481 e. The van der Waals surface area contributed by atoms with Gasteiger partial charge >= 0.3 is 5.97 Å². The van der Waals surface area contributed by atoms with E-state index in [9.17, 15) is 4.79 Å². The molecule has 2 heteroatoms. The van der Waals surface area contributed by atoms with E-state index in [-0.39, 0.29) is 0 Å². The van der Waals surface area contributed by atoms with E-state index < -0.39 is 11.9 Å². The van der Waals surface area contributed by atoms with Crippen molar-refractivity contribution in [1.82, 2.24) is 0 Å². The van der Waals surface area contributed by atoms with Crippen LogP contribution in [0.4, 0.5) is 0 Å². The summed E-state index contributed by atoms with van der Waals surface area (Å²) in [4.78, 5) is 11.0. The number of aliphatic carboxylic acids is 1. The third kappa shape index (κ3) is 2.22. The Bertz CT molecular complexity index is 327. The van der Waals surface area contributed by atoms with Crippen molar-refractivity contribution in [3.63, 3.8) is 0 Å². The van der Waals surface area contributed by atoms with Crippen LogP contribution in [0.5, 0.6) is 0 Å². The van der Waals surface area contributed by atoms with Crippen molar-refractivity contribution in [1.29, 1.82) is 0 Å². The van der Waals surface area contributed by atoms with E-state index in [1.165, 1.54) is 0 Å². The zero-order valence-electron chi connectivity index (χ0n) is 8.23. The summed E-state index contributed by atoms with van der Waals surface area (Å²) in [6.45, 7) is 5.71. The van der Waals surface area contributed by atoms with Crippen molar-refractivity contribution in [3.8, 4) is 0 Å². The lowest BCUT2D eigenvalue weighted by molar-refractivity contribution is -0.137. The van der Waals surface area contributed by atoms with Crippen LogP contribution in [0.15, 0.2) is 42.5 Å². The molecular weight excluding hydrogens is 176 g/mol. The van der Waals surface area contributed by atoms with Crippen molar-refractivity contribution >= 4 is 5.97 Å². The van der Waals surface area contributed by atoms with E-state index >= 15 is 0 Å². The molecule has 0 spiro atoms. The predicted molar refractivity (Wildman–Crippen MR) is 56.2 cm³/mol. The van der Waals surface area contributed by atoms with Gasteiger partial charge in [-0.05, 0) is 12.0 Å². The van der Waals surface area contributed by atoms with Crippen molar-refractivity contribution < 1.29 is 9.90 Å². The number of carboxylic acids is 1. The number of carbonyl (C=O) groups is 1. The van der Waals surface area contributed by atoms with Gasteiger partial charge in [-0.3, -0.25) is 4.79 Å². The molecule has 0 saturated carbocycles. The minimum absolute atomic E-state index is 0.568. The third-order valence-corrected chi connectivity index (χ3v) is 2.24. The summed E-state index contributed by atoms with van der Waals surface area (Å²) >= 11 is 0. The molecule has 0 fully saturated rings. The van der Waals surface area contributed by atoms with Gasteiger partial charge in [-0.25, -0.2) is 0 Å². The maximum atomic E-state index is 11.0. The normalized spacial score (nSPS) is 12.1. The Kier molecular flexibility index (Phi) is 3.46. The van der Waals surface area contributed by atoms with Gasteiger partial charge in [0.1, 0.15) is 5.92 Å². The van der Waals surface area contributed by atoms with Crippen LogP contribution in [0, 0.1) is 0 Å². The number of rotatable bonds is 4. The van der Waals surface area contributed by atoms with E-state index in [4.69, 9.17) is 5.11 Å². The lowest BCUT2D eigenvalue weighted by Crippen LogP contribution is -2.13. The van der Waals surface area contributed by atoms with Crippen LogP contribution in [0.2, 0.25) is 0 Å². The summed E-state index contributed by atoms with van der Waals surface area (Å²) in [5, 5.41) is 9.07. The molecule has 0 aliphatic heterocycles. The maximum Gasteiger partial charge on any atom is 0.315 e. The predicted octanol–water partition coefficient (Wildman–Crippen LogP) is 2.82. The fourth-order valence-electron chi connectivity index (χ4n) is 1.40. The molecule has 0 amide bonds. The summed E-state index contributed by atoms with van der Waals surface area (Å²) in [5.41, 5.74) is 1.54. The Balaban J connectivity index is 3.01. The second-order valence-electron chi connectivity index (χ2n) is 3.19. The first-order chi connectivity index (χ1) is 6.66. The van der Waals surface area contributed by atoms with Gasteiger partial charge in [0.2, 0.25) is 0 Å². The first kappa shape index (κ1) is 10.5. The molecule has 1 aromatic rings. The fraction of sp³-hybridized carbons (Fsp3) is 0.250. The monoisotopic (exact) mass is 190 g/mol. The third-order valence-electron chi connectivity index (χ3n) is 2.24. The highest BCUT2D eigenvalue weighted by molar-refractivity contribution is 5.79. The average molecular weight is 190 g/mol. The molecular formula is C12H14O2. The SMILES string of the molecule is C=C(CC)C(C(=O)O)c1ccccc1. The molecule has 14 heavy (non-hydrogen) atoms. The zero-order valence-corrected chi connectivity index (χ0v) is 8.23. The largest absolute Gasteiger partial charge is 0.481 e. The smallest absolute Gasteiger partial charge is 0.315 e. The quantitative estimate of drug-likeness (QED) is 0.741. The first-order valence-electron chi connectivity index (χ1n) is 4.62. The highest BCUT2D eigenvalue weighted by Gasteiger charge is 2.21. The molecule has 2 nitrogen and oxygen atoms in total. The van der Waals surface area contributed by atoms with Crippen LogP contribution >= 0.6 is 0 Å². The molecule has 0 bridgehead atoms. The molecule has 0 aromatic heterocycles. The maximum absolute atomic E-state index is 11.0. The van der Waals surface area contributed by atoms with Gasteiger partial charge in [0.25, 0.3) is 0 Å². The molecule has 1 rings (SSSR count). The van der Waals surface area contributed by atoms with Crippen molar-refractivity contribution in [3.05, 3.63) is 48.0 Å². The standard InChI is InChI=1S/C12H14O2/c1-3-9(2)11(12(13)14)10-7-5-4-6-8-10/h4-8,11H,2-3H2,1H3,(H,13,14). The van der Waals surface area contributed by atoms with Crippen molar-refractivity contribution in [2.75, 3.05) is 0 Å². The second-order valence-corrected chi connectivity index (χ2v) is 3.19. The van der Waals surface area contributed by atoms with Gasteiger partial charge in [-0.2, -0.15) is 0 Å². The molecule has 1 N–H and O–H groups in total. The number of benzene rings is 1. The zero-order chi connectivity index (χ0) is 10.6. The summed E-state index contributed by atoms with van der Waals surface area (Å²) < 4.78 is 0. The lowest BCUT2D eigenvalue weighted by atomic mass is 9.91. The fourth-order valence-corrected chi connectivity index (χ4v) is 1.40. The Labute approximate surface area is 83.9 Å². The highest BCUT2D eigenvalue weighted by Crippen LogP contribution is 2.25. The highest BCUT2D eigenvalue weighted by atomic mass is 16.4. The van der Waals surface area contributed by atoms with Gasteiger partial charge in [-0.1, -0.05) is 49.4 Å². The van der Waals surface area contributed by atoms with E-state index in [0.717, 1.165) is 11.1 Å². The van der Waals surface area contributed by atoms with Crippen LogP contribution in [0.1, 0.15) is 24.8 Å². The summed E-state index contributed by atoms with van der Waals surface area (Å²) in [7, 11) is 0. The lowest BCUT2D eigenvalue weighted by Gasteiger charge is -2.13. The molecule has 74 valence electrons. The Morgan fingerprint density at radius 3 is 2.43 bits per heavy atom. The molecule has 1 atom stereocenters. The van der Waals surface area contributed by atoms with Crippen molar-refractivity contribution in [2.45, 2.75) is 19.3 Å². The second kappa shape index (κ2) is 4.61.